The van der Waals surface area contributed by atoms with Gasteiger partial charge in [-0.1, -0.05) is 0 Å². The van der Waals surface area contributed by atoms with Crippen molar-refractivity contribution in [1.29, 1.82) is 0 Å². The van der Waals surface area contributed by atoms with Crippen LogP contribution in [0.1, 0.15) is 31.4 Å². The van der Waals surface area contributed by atoms with Crippen LogP contribution in [-0.2, 0) is 11.3 Å². The van der Waals surface area contributed by atoms with Crippen molar-refractivity contribution in [3.8, 4) is 0 Å². The Morgan fingerprint density at radius 3 is 2.90 bits per heavy atom. The minimum absolute atomic E-state index is 0.617. The number of rotatable bonds is 6. The van der Waals surface area contributed by atoms with E-state index in [1.807, 2.05) is 0 Å². The van der Waals surface area contributed by atoms with Crippen LogP contribution in [-0.4, -0.2) is 43.0 Å². The van der Waals surface area contributed by atoms with Gasteiger partial charge in [0.1, 0.15) is 0 Å². The molecule has 0 bridgehead atoms. The van der Waals surface area contributed by atoms with Crippen LogP contribution in [0.4, 0.5) is 5.82 Å². The van der Waals surface area contributed by atoms with E-state index in [4.69, 9.17) is 4.74 Å². The van der Waals surface area contributed by atoms with Crippen molar-refractivity contribution >= 4 is 5.82 Å². The summed E-state index contributed by atoms with van der Waals surface area (Å²) in [6.07, 6.45) is 5.07. The van der Waals surface area contributed by atoms with Crippen molar-refractivity contribution in [2.75, 3.05) is 31.7 Å². The standard InChI is InChI=1S/C15H24N4O/c1-20-11-12-3-2-8-19(10-12)15-7-6-14(17-18-15)9-16-13-4-5-13/h6-7,12-13,16H,2-5,8-11H2,1H3. The van der Waals surface area contributed by atoms with Gasteiger partial charge in [-0.15, -0.1) is 5.10 Å². The highest BCUT2D eigenvalue weighted by molar-refractivity contribution is 5.37. The molecule has 1 aliphatic heterocycles. The number of ether oxygens (including phenoxy) is 1. The summed E-state index contributed by atoms with van der Waals surface area (Å²) < 4.78 is 5.27. The summed E-state index contributed by atoms with van der Waals surface area (Å²) in [5.41, 5.74) is 1.03. The number of piperidine rings is 1. The molecule has 5 heteroatoms. The molecular formula is C15H24N4O. The fourth-order valence-electron chi connectivity index (χ4n) is 2.80. The Bertz CT molecular complexity index is 416. The maximum atomic E-state index is 5.27. The normalized spacial score (nSPS) is 23.1. The van der Waals surface area contributed by atoms with Crippen LogP contribution in [0.5, 0.6) is 0 Å². The third-order valence-corrected chi connectivity index (χ3v) is 4.10. The van der Waals surface area contributed by atoms with E-state index in [1.165, 1.54) is 25.7 Å². The maximum absolute atomic E-state index is 5.27. The number of nitrogens with zero attached hydrogens (tertiary/aromatic N) is 3. The van der Waals surface area contributed by atoms with Crippen LogP contribution in [0.25, 0.3) is 0 Å². The summed E-state index contributed by atoms with van der Waals surface area (Å²) >= 11 is 0. The fraction of sp³-hybridized carbons (Fsp3) is 0.733. The second-order valence-corrected chi connectivity index (χ2v) is 5.95. The number of anilines is 1. The molecule has 1 atom stereocenters. The largest absolute Gasteiger partial charge is 0.384 e. The molecule has 0 aromatic carbocycles. The predicted molar refractivity (Wildman–Crippen MR) is 78.7 cm³/mol. The lowest BCUT2D eigenvalue weighted by atomic mass is 9.99. The summed E-state index contributed by atoms with van der Waals surface area (Å²) in [7, 11) is 1.78. The summed E-state index contributed by atoms with van der Waals surface area (Å²) in [5.74, 6) is 1.62. The SMILES string of the molecule is COCC1CCCN(c2ccc(CNC3CC3)nn2)C1. The van der Waals surface area contributed by atoms with E-state index in [0.717, 1.165) is 37.8 Å². The van der Waals surface area contributed by atoms with E-state index in [1.54, 1.807) is 7.11 Å². The summed E-state index contributed by atoms with van der Waals surface area (Å²) in [6.45, 7) is 3.79. The molecule has 1 aromatic heterocycles. The van der Waals surface area contributed by atoms with E-state index < -0.39 is 0 Å². The molecule has 3 rings (SSSR count). The molecule has 2 fully saturated rings. The van der Waals surface area contributed by atoms with Crippen molar-refractivity contribution in [2.45, 2.75) is 38.3 Å². The Labute approximate surface area is 120 Å². The first-order chi connectivity index (χ1) is 9.85. The van der Waals surface area contributed by atoms with Crippen LogP contribution in [0.3, 0.4) is 0 Å². The Balaban J connectivity index is 1.55. The third-order valence-electron chi connectivity index (χ3n) is 4.10. The molecule has 1 saturated heterocycles. The summed E-state index contributed by atoms with van der Waals surface area (Å²) in [5, 5.41) is 12.2. The molecule has 20 heavy (non-hydrogen) atoms. The summed E-state index contributed by atoms with van der Waals surface area (Å²) in [4.78, 5) is 2.33. The minimum atomic E-state index is 0.617. The zero-order valence-corrected chi connectivity index (χ0v) is 12.2. The molecule has 1 saturated carbocycles. The topological polar surface area (TPSA) is 50.3 Å². The molecule has 0 amide bonds. The first-order valence-corrected chi connectivity index (χ1v) is 7.65. The van der Waals surface area contributed by atoms with Gasteiger partial charge in [0.25, 0.3) is 0 Å². The van der Waals surface area contributed by atoms with Gasteiger partial charge >= 0.3 is 0 Å². The van der Waals surface area contributed by atoms with Gasteiger partial charge in [0.05, 0.1) is 12.3 Å². The number of hydrogen-bond donors (Lipinski definition) is 1. The van der Waals surface area contributed by atoms with Gasteiger partial charge < -0.3 is 15.0 Å². The van der Waals surface area contributed by atoms with E-state index in [9.17, 15) is 0 Å². The highest BCUT2D eigenvalue weighted by Crippen LogP contribution is 2.22. The second kappa shape index (κ2) is 6.50. The first-order valence-electron chi connectivity index (χ1n) is 7.65. The van der Waals surface area contributed by atoms with E-state index in [0.29, 0.717) is 12.0 Å². The zero-order valence-electron chi connectivity index (χ0n) is 12.2. The maximum Gasteiger partial charge on any atom is 0.151 e. The lowest BCUT2D eigenvalue weighted by Crippen LogP contribution is -2.37. The van der Waals surface area contributed by atoms with Gasteiger partial charge in [-0.25, -0.2) is 0 Å². The fourth-order valence-corrected chi connectivity index (χ4v) is 2.80. The molecule has 0 spiro atoms. The Morgan fingerprint density at radius 2 is 2.20 bits per heavy atom. The molecular weight excluding hydrogens is 252 g/mol. The van der Waals surface area contributed by atoms with Crippen molar-refractivity contribution in [3.63, 3.8) is 0 Å². The Hall–Kier alpha value is -1.20. The van der Waals surface area contributed by atoms with Gasteiger partial charge in [0.2, 0.25) is 0 Å². The van der Waals surface area contributed by atoms with Crippen LogP contribution >= 0.6 is 0 Å². The minimum Gasteiger partial charge on any atom is -0.384 e. The molecule has 110 valence electrons. The van der Waals surface area contributed by atoms with Gasteiger partial charge in [0.15, 0.2) is 5.82 Å². The van der Waals surface area contributed by atoms with Gasteiger partial charge in [-0.2, -0.15) is 5.10 Å². The molecule has 1 aromatic rings. The van der Waals surface area contributed by atoms with E-state index in [-0.39, 0.29) is 0 Å². The Kier molecular flexibility index (Phi) is 4.47. The average Bonchev–Trinajstić information content (AvgIpc) is 3.31. The van der Waals surface area contributed by atoms with Crippen LogP contribution in [0.2, 0.25) is 0 Å². The molecule has 1 aliphatic carbocycles. The molecule has 5 nitrogen and oxygen atoms in total. The number of hydrogen-bond acceptors (Lipinski definition) is 5. The molecule has 1 N–H and O–H groups in total. The lowest BCUT2D eigenvalue weighted by Gasteiger charge is -2.32. The third kappa shape index (κ3) is 3.67. The average molecular weight is 276 g/mol. The Morgan fingerprint density at radius 1 is 1.30 bits per heavy atom. The van der Waals surface area contributed by atoms with Crippen molar-refractivity contribution in [3.05, 3.63) is 17.8 Å². The molecule has 2 aliphatic rings. The first kappa shape index (κ1) is 13.8. The van der Waals surface area contributed by atoms with Crippen LogP contribution < -0.4 is 10.2 Å². The van der Waals surface area contributed by atoms with Gasteiger partial charge in [-0.3, -0.25) is 0 Å². The molecule has 2 heterocycles. The highest BCUT2D eigenvalue weighted by atomic mass is 16.5. The highest BCUT2D eigenvalue weighted by Gasteiger charge is 2.22. The van der Waals surface area contributed by atoms with Crippen molar-refractivity contribution in [1.82, 2.24) is 15.5 Å². The monoisotopic (exact) mass is 276 g/mol. The van der Waals surface area contributed by atoms with E-state index in [2.05, 4.69) is 32.5 Å². The summed E-state index contributed by atoms with van der Waals surface area (Å²) in [6, 6.07) is 4.91. The van der Waals surface area contributed by atoms with Crippen molar-refractivity contribution < 1.29 is 4.74 Å². The van der Waals surface area contributed by atoms with Crippen LogP contribution in [0.15, 0.2) is 12.1 Å². The predicted octanol–water partition coefficient (Wildman–Crippen LogP) is 1.59. The van der Waals surface area contributed by atoms with Crippen LogP contribution in [0, 0.1) is 5.92 Å². The lowest BCUT2D eigenvalue weighted by molar-refractivity contribution is 0.143. The number of methoxy groups -OCH3 is 1. The quantitative estimate of drug-likeness (QED) is 0.855. The smallest absolute Gasteiger partial charge is 0.151 e. The second-order valence-electron chi connectivity index (χ2n) is 5.95. The van der Waals surface area contributed by atoms with Gasteiger partial charge in [-0.05, 0) is 43.7 Å². The molecule has 0 radical (unpaired) electrons. The number of nitrogens with one attached hydrogen (secondary N) is 1. The number of aromatic nitrogens is 2. The molecule has 1 unspecified atom stereocenters. The van der Waals surface area contributed by atoms with Gasteiger partial charge in [0, 0.05) is 32.8 Å². The van der Waals surface area contributed by atoms with E-state index >= 15 is 0 Å². The zero-order chi connectivity index (χ0) is 13.8. The van der Waals surface area contributed by atoms with Crippen molar-refractivity contribution in [2.24, 2.45) is 5.92 Å².